The van der Waals surface area contributed by atoms with Crippen LogP contribution >= 0.6 is 0 Å². The number of amides is 1. The van der Waals surface area contributed by atoms with Crippen molar-refractivity contribution in [1.82, 2.24) is 24.5 Å². The Labute approximate surface area is 146 Å². The molecule has 1 saturated heterocycles. The second-order valence-corrected chi connectivity index (χ2v) is 8.22. The number of rotatable bonds is 5. The van der Waals surface area contributed by atoms with Crippen molar-refractivity contribution in [3.05, 3.63) is 23.3 Å². The van der Waals surface area contributed by atoms with E-state index in [1.165, 1.54) is 6.33 Å². The van der Waals surface area contributed by atoms with Crippen LogP contribution in [0.5, 0.6) is 0 Å². The van der Waals surface area contributed by atoms with Crippen molar-refractivity contribution < 1.29 is 13.2 Å². The Morgan fingerprint density at radius 1 is 1.40 bits per heavy atom. The van der Waals surface area contributed by atoms with Crippen LogP contribution in [-0.2, 0) is 21.2 Å². The van der Waals surface area contributed by atoms with Gasteiger partial charge in [0, 0.05) is 30.9 Å². The quantitative estimate of drug-likeness (QED) is 0.782. The first-order chi connectivity index (χ1) is 11.7. The highest BCUT2D eigenvalue weighted by Gasteiger charge is 2.28. The maximum Gasteiger partial charge on any atom is 0.252 e. The second kappa shape index (κ2) is 6.68. The molecule has 0 bridgehead atoms. The molecule has 25 heavy (non-hydrogen) atoms. The third kappa shape index (κ3) is 3.96. The van der Waals surface area contributed by atoms with Crippen LogP contribution in [0, 0.1) is 19.8 Å². The van der Waals surface area contributed by atoms with Crippen LogP contribution in [0.3, 0.4) is 0 Å². The number of nitrogens with zero attached hydrogens (tertiary/aromatic N) is 5. The van der Waals surface area contributed by atoms with Crippen LogP contribution in [0.2, 0.25) is 0 Å². The average molecular weight is 366 g/mol. The van der Waals surface area contributed by atoms with Gasteiger partial charge in [0.2, 0.25) is 15.9 Å². The molecule has 1 fully saturated rings. The first kappa shape index (κ1) is 17.7. The van der Waals surface area contributed by atoms with Crippen LogP contribution in [0.4, 0.5) is 0 Å². The van der Waals surface area contributed by atoms with E-state index < -0.39 is 10.0 Å². The van der Waals surface area contributed by atoms with Crippen molar-refractivity contribution in [2.75, 3.05) is 18.8 Å². The predicted octanol–water partition coefficient (Wildman–Crippen LogP) is -0.189. The lowest BCUT2D eigenvalue weighted by molar-refractivity contribution is -0.130. The van der Waals surface area contributed by atoms with Gasteiger partial charge in [-0.25, -0.2) is 23.1 Å². The third-order valence-corrected chi connectivity index (χ3v) is 5.62. The van der Waals surface area contributed by atoms with Crippen LogP contribution in [0.1, 0.15) is 29.8 Å². The molecule has 0 saturated carbocycles. The molecule has 0 unspecified atom stereocenters. The molecule has 3 rings (SSSR count). The standard InChI is InChI=1S/C15H22N6O3S/c1-10-13(11(2)21-15(19-10)17-9-18-21)3-4-14(22)20-6-5-12(7-20)8-25(16,23)24/h9,12H,3-8H2,1-2H3,(H2,16,23,24)/t12-/m1/s1. The fourth-order valence-electron chi connectivity index (χ4n) is 3.43. The highest BCUT2D eigenvalue weighted by molar-refractivity contribution is 7.89. The molecule has 2 N–H and O–H groups in total. The van der Waals surface area contributed by atoms with Gasteiger partial charge in [-0.15, -0.1) is 0 Å². The molecule has 10 heteroatoms. The van der Waals surface area contributed by atoms with E-state index in [4.69, 9.17) is 5.14 Å². The molecule has 3 heterocycles. The number of carbonyl (C=O) groups is 1. The summed E-state index contributed by atoms with van der Waals surface area (Å²) in [6.07, 6.45) is 3.05. The summed E-state index contributed by atoms with van der Waals surface area (Å²) >= 11 is 0. The Balaban J connectivity index is 1.63. The third-order valence-electron chi connectivity index (χ3n) is 4.68. The maximum atomic E-state index is 12.5. The number of aryl methyl sites for hydroxylation is 2. The van der Waals surface area contributed by atoms with Crippen LogP contribution < -0.4 is 5.14 Å². The van der Waals surface area contributed by atoms with Gasteiger partial charge in [-0.1, -0.05) is 0 Å². The molecule has 1 aliphatic heterocycles. The Hall–Kier alpha value is -2.07. The molecule has 136 valence electrons. The van der Waals surface area contributed by atoms with Crippen molar-refractivity contribution in [3.8, 4) is 0 Å². The minimum absolute atomic E-state index is 0.0226. The van der Waals surface area contributed by atoms with Crippen molar-refractivity contribution in [3.63, 3.8) is 0 Å². The summed E-state index contributed by atoms with van der Waals surface area (Å²) in [4.78, 5) is 22.7. The number of primary sulfonamides is 1. The van der Waals surface area contributed by atoms with E-state index in [0.29, 0.717) is 38.1 Å². The van der Waals surface area contributed by atoms with E-state index in [9.17, 15) is 13.2 Å². The Morgan fingerprint density at radius 3 is 2.88 bits per heavy atom. The number of nitrogens with two attached hydrogens (primary N) is 1. The minimum atomic E-state index is -3.50. The first-order valence-electron chi connectivity index (χ1n) is 8.18. The minimum Gasteiger partial charge on any atom is -0.342 e. The van der Waals surface area contributed by atoms with Gasteiger partial charge >= 0.3 is 0 Å². The molecule has 2 aromatic rings. The highest BCUT2D eigenvalue weighted by Crippen LogP contribution is 2.20. The number of likely N-dealkylation sites (tertiary alicyclic amines) is 1. The monoisotopic (exact) mass is 366 g/mol. The molecule has 2 aromatic heterocycles. The predicted molar refractivity (Wildman–Crippen MR) is 91.2 cm³/mol. The molecule has 1 atom stereocenters. The summed E-state index contributed by atoms with van der Waals surface area (Å²) < 4.78 is 24.0. The summed E-state index contributed by atoms with van der Waals surface area (Å²) in [5, 5.41) is 9.24. The number of carbonyl (C=O) groups excluding carboxylic acids is 1. The van der Waals surface area contributed by atoms with Gasteiger partial charge in [0.1, 0.15) is 6.33 Å². The van der Waals surface area contributed by atoms with Crippen LogP contribution in [0.25, 0.3) is 5.78 Å². The zero-order chi connectivity index (χ0) is 18.2. The summed E-state index contributed by atoms with van der Waals surface area (Å²) in [5.41, 5.74) is 2.77. The average Bonchev–Trinajstić information content (AvgIpc) is 3.14. The van der Waals surface area contributed by atoms with E-state index in [-0.39, 0.29) is 17.6 Å². The number of fused-ring (bicyclic) bond motifs is 1. The number of hydrogen-bond donors (Lipinski definition) is 1. The lowest BCUT2D eigenvalue weighted by atomic mass is 10.1. The van der Waals surface area contributed by atoms with Gasteiger partial charge in [-0.2, -0.15) is 10.1 Å². The van der Waals surface area contributed by atoms with Crippen LogP contribution in [-0.4, -0.2) is 57.6 Å². The molecule has 0 aromatic carbocycles. The summed E-state index contributed by atoms with van der Waals surface area (Å²) in [7, 11) is -3.50. The van der Waals surface area contributed by atoms with E-state index >= 15 is 0 Å². The molecular weight excluding hydrogens is 344 g/mol. The van der Waals surface area contributed by atoms with Gasteiger partial charge in [0.15, 0.2) is 0 Å². The normalized spacial score (nSPS) is 18.2. The number of sulfonamides is 1. The Kier molecular flexibility index (Phi) is 4.74. The van der Waals surface area contributed by atoms with E-state index in [0.717, 1.165) is 17.0 Å². The van der Waals surface area contributed by atoms with Gasteiger partial charge in [0.25, 0.3) is 5.78 Å². The Morgan fingerprint density at radius 2 is 2.16 bits per heavy atom. The van der Waals surface area contributed by atoms with Crippen LogP contribution in [0.15, 0.2) is 6.33 Å². The molecular formula is C15H22N6O3S. The lowest BCUT2D eigenvalue weighted by Crippen LogP contribution is -2.31. The number of aromatic nitrogens is 4. The largest absolute Gasteiger partial charge is 0.342 e. The first-order valence-corrected chi connectivity index (χ1v) is 9.90. The fourth-order valence-corrected chi connectivity index (χ4v) is 4.36. The van der Waals surface area contributed by atoms with Crippen molar-refractivity contribution in [2.24, 2.45) is 11.1 Å². The highest BCUT2D eigenvalue weighted by atomic mass is 32.2. The molecule has 1 amide bonds. The number of hydrogen-bond acceptors (Lipinski definition) is 6. The van der Waals surface area contributed by atoms with E-state index in [1.807, 2.05) is 13.8 Å². The summed E-state index contributed by atoms with van der Waals surface area (Å²) in [6, 6.07) is 0. The topological polar surface area (TPSA) is 124 Å². The van der Waals surface area contributed by atoms with E-state index in [1.54, 1.807) is 9.42 Å². The van der Waals surface area contributed by atoms with Gasteiger partial charge in [-0.05, 0) is 38.2 Å². The molecule has 1 aliphatic rings. The lowest BCUT2D eigenvalue weighted by Gasteiger charge is -2.17. The molecule has 0 radical (unpaired) electrons. The zero-order valence-electron chi connectivity index (χ0n) is 14.3. The Bertz CT molecular complexity index is 907. The van der Waals surface area contributed by atoms with Crippen molar-refractivity contribution in [1.29, 1.82) is 0 Å². The summed E-state index contributed by atoms with van der Waals surface area (Å²) in [5.74, 6) is 0.433. The molecule has 9 nitrogen and oxygen atoms in total. The van der Waals surface area contributed by atoms with Crippen molar-refractivity contribution in [2.45, 2.75) is 33.1 Å². The van der Waals surface area contributed by atoms with Gasteiger partial charge < -0.3 is 4.90 Å². The SMILES string of the molecule is Cc1nc2ncnn2c(C)c1CCC(=O)N1CC[C@@H](CS(N)(=O)=O)C1. The smallest absolute Gasteiger partial charge is 0.252 e. The van der Waals surface area contributed by atoms with Gasteiger partial charge in [-0.3, -0.25) is 4.79 Å². The zero-order valence-corrected chi connectivity index (χ0v) is 15.2. The van der Waals surface area contributed by atoms with Gasteiger partial charge in [0.05, 0.1) is 5.75 Å². The summed E-state index contributed by atoms with van der Waals surface area (Å²) in [6.45, 7) is 4.87. The second-order valence-electron chi connectivity index (χ2n) is 6.56. The van der Waals surface area contributed by atoms with E-state index in [2.05, 4.69) is 15.1 Å². The fraction of sp³-hybridized carbons (Fsp3) is 0.600. The maximum absolute atomic E-state index is 12.5. The molecule has 0 spiro atoms. The molecule has 0 aliphatic carbocycles. The van der Waals surface area contributed by atoms with Crippen molar-refractivity contribution >= 4 is 21.7 Å².